The van der Waals surface area contributed by atoms with Crippen LogP contribution in [0.15, 0.2) is 33.8 Å². The maximum absolute atomic E-state index is 7.16. The van der Waals surface area contributed by atoms with E-state index in [4.69, 9.17) is 5.41 Å². The van der Waals surface area contributed by atoms with Crippen molar-refractivity contribution in [2.24, 2.45) is 5.10 Å². The Hall–Kier alpha value is -1.16. The van der Waals surface area contributed by atoms with Gasteiger partial charge in [0.2, 0.25) is 0 Å². The molecule has 0 amide bonds. The molecule has 4 heteroatoms. The van der Waals surface area contributed by atoms with Crippen LogP contribution in [-0.4, -0.2) is 19.0 Å². The smallest absolute Gasteiger partial charge is 0.108 e. The second-order valence-electron chi connectivity index (χ2n) is 2.38. The predicted octanol–water partition coefficient (Wildman–Crippen LogP) is 2.02. The zero-order chi connectivity index (χ0) is 9.68. The highest BCUT2D eigenvalue weighted by atomic mass is 79.9. The van der Waals surface area contributed by atoms with Gasteiger partial charge in [-0.3, -0.25) is 0 Å². The molecular formula is C9H10BrN3. The lowest BCUT2D eigenvalue weighted by Gasteiger charge is -2.00. The lowest BCUT2D eigenvalue weighted by atomic mass is 10.1. The molecule has 0 aliphatic heterocycles. The molecule has 0 aliphatic rings. The average molecular weight is 240 g/mol. The lowest BCUT2D eigenvalue weighted by Crippen LogP contribution is -2.07. The molecule has 3 nitrogen and oxygen atoms in total. The second-order valence-corrected chi connectivity index (χ2v) is 3.29. The maximum Gasteiger partial charge on any atom is 0.108 e. The third kappa shape index (κ3) is 2.66. The van der Waals surface area contributed by atoms with Gasteiger partial charge in [0.1, 0.15) is 5.71 Å². The molecule has 68 valence electrons. The lowest BCUT2D eigenvalue weighted by molar-refractivity contribution is 0.904. The summed E-state index contributed by atoms with van der Waals surface area (Å²) >= 11 is 3.36. The van der Waals surface area contributed by atoms with Crippen LogP contribution in [0.3, 0.4) is 0 Å². The van der Waals surface area contributed by atoms with Crippen molar-refractivity contribution in [1.29, 1.82) is 5.41 Å². The number of nitrogens with one attached hydrogen (secondary N) is 2. The summed E-state index contributed by atoms with van der Waals surface area (Å²) in [6.07, 6.45) is 1.22. The minimum atomic E-state index is 0.615. The number of nitrogens with zero attached hydrogens (tertiary/aromatic N) is 1. The van der Waals surface area contributed by atoms with Gasteiger partial charge in [-0.05, 0) is 12.1 Å². The van der Waals surface area contributed by atoms with Crippen molar-refractivity contribution in [3.8, 4) is 0 Å². The summed E-state index contributed by atoms with van der Waals surface area (Å²) < 4.78 is 0.982. The summed E-state index contributed by atoms with van der Waals surface area (Å²) in [5.41, 5.74) is 4.19. The van der Waals surface area contributed by atoms with E-state index in [0.717, 1.165) is 10.0 Å². The van der Waals surface area contributed by atoms with E-state index in [1.54, 1.807) is 7.05 Å². The van der Waals surface area contributed by atoms with Crippen molar-refractivity contribution in [3.63, 3.8) is 0 Å². The molecule has 0 aromatic heterocycles. The van der Waals surface area contributed by atoms with E-state index in [9.17, 15) is 0 Å². The topological polar surface area (TPSA) is 48.2 Å². The van der Waals surface area contributed by atoms with Crippen LogP contribution in [0.25, 0.3) is 0 Å². The van der Waals surface area contributed by atoms with Gasteiger partial charge in [0.15, 0.2) is 0 Å². The molecule has 1 rings (SSSR count). The first-order chi connectivity index (χ1) is 6.27. The first-order valence-electron chi connectivity index (χ1n) is 3.78. The van der Waals surface area contributed by atoms with Crippen LogP contribution < -0.4 is 5.43 Å². The third-order valence-electron chi connectivity index (χ3n) is 1.49. The van der Waals surface area contributed by atoms with Gasteiger partial charge in [-0.2, -0.15) is 5.10 Å². The summed E-state index contributed by atoms with van der Waals surface area (Å²) in [7, 11) is 1.71. The van der Waals surface area contributed by atoms with Crippen LogP contribution in [0.4, 0.5) is 0 Å². The molecule has 0 aliphatic carbocycles. The normalized spacial score (nSPS) is 11.1. The van der Waals surface area contributed by atoms with Crippen molar-refractivity contribution < 1.29 is 0 Å². The second kappa shape index (κ2) is 4.77. The summed E-state index contributed by atoms with van der Waals surface area (Å²) in [5.74, 6) is 0. The van der Waals surface area contributed by atoms with E-state index in [1.165, 1.54) is 6.21 Å². The number of hydrazone groups is 1. The first kappa shape index (κ1) is 9.92. The highest BCUT2D eigenvalue weighted by Gasteiger charge is 1.99. The van der Waals surface area contributed by atoms with Gasteiger partial charge in [0.25, 0.3) is 0 Å². The molecule has 0 radical (unpaired) electrons. The minimum absolute atomic E-state index is 0.615. The van der Waals surface area contributed by atoms with Gasteiger partial charge < -0.3 is 10.8 Å². The van der Waals surface area contributed by atoms with Gasteiger partial charge in [-0.25, -0.2) is 0 Å². The monoisotopic (exact) mass is 239 g/mol. The molecule has 0 saturated heterocycles. The van der Waals surface area contributed by atoms with Crippen LogP contribution in [-0.2, 0) is 0 Å². The Morgan fingerprint density at radius 3 is 2.92 bits per heavy atom. The number of hydrogen-bond donors (Lipinski definition) is 2. The fraction of sp³-hybridized carbons (Fsp3) is 0.111. The van der Waals surface area contributed by atoms with E-state index < -0.39 is 0 Å². The van der Waals surface area contributed by atoms with E-state index >= 15 is 0 Å². The van der Waals surface area contributed by atoms with Gasteiger partial charge in [0.05, 0.1) is 0 Å². The van der Waals surface area contributed by atoms with Crippen LogP contribution >= 0.6 is 15.9 Å². The Kier molecular flexibility index (Phi) is 3.64. The van der Waals surface area contributed by atoms with Crippen LogP contribution in [0, 0.1) is 5.41 Å². The van der Waals surface area contributed by atoms with Crippen LogP contribution in [0.5, 0.6) is 0 Å². The number of halogens is 1. The summed E-state index contributed by atoms with van der Waals surface area (Å²) in [6.45, 7) is 0. The summed E-state index contributed by atoms with van der Waals surface area (Å²) in [5, 5.41) is 11.1. The van der Waals surface area contributed by atoms with Gasteiger partial charge in [-0.15, -0.1) is 0 Å². The van der Waals surface area contributed by atoms with E-state index in [-0.39, 0.29) is 0 Å². The molecular weight excluding hydrogens is 230 g/mol. The highest BCUT2D eigenvalue weighted by molar-refractivity contribution is 9.10. The van der Waals surface area contributed by atoms with Crippen molar-refractivity contribution >= 4 is 27.9 Å². The van der Waals surface area contributed by atoms with Crippen LogP contribution in [0.1, 0.15) is 5.56 Å². The average Bonchev–Trinajstić information content (AvgIpc) is 2.14. The largest absolute Gasteiger partial charge is 0.313 e. The highest BCUT2D eigenvalue weighted by Crippen LogP contribution is 2.11. The molecule has 0 bridgehead atoms. The molecule has 0 fully saturated rings. The van der Waals surface area contributed by atoms with Crippen LogP contribution in [0.2, 0.25) is 0 Å². The Morgan fingerprint density at radius 1 is 1.62 bits per heavy atom. The predicted molar refractivity (Wildman–Crippen MR) is 58.5 cm³/mol. The summed E-state index contributed by atoms with van der Waals surface area (Å²) in [6, 6.07) is 7.67. The number of rotatable bonds is 3. The van der Waals surface area contributed by atoms with Crippen molar-refractivity contribution in [3.05, 3.63) is 34.3 Å². The zero-order valence-corrected chi connectivity index (χ0v) is 8.80. The molecule has 0 unspecified atom stereocenters. The Morgan fingerprint density at radius 2 is 2.38 bits per heavy atom. The SMILES string of the molecule is CN/N=C(\C=N)c1cccc(Br)c1. The molecule has 13 heavy (non-hydrogen) atoms. The van der Waals surface area contributed by atoms with E-state index in [1.807, 2.05) is 24.3 Å². The minimum Gasteiger partial charge on any atom is -0.313 e. The molecule has 0 atom stereocenters. The van der Waals surface area contributed by atoms with Crippen molar-refractivity contribution in [1.82, 2.24) is 5.43 Å². The molecule has 0 spiro atoms. The van der Waals surface area contributed by atoms with Gasteiger partial charge in [-0.1, -0.05) is 28.1 Å². The Bertz CT molecular complexity index is 333. The van der Waals surface area contributed by atoms with Gasteiger partial charge >= 0.3 is 0 Å². The van der Waals surface area contributed by atoms with E-state index in [0.29, 0.717) is 5.71 Å². The van der Waals surface area contributed by atoms with Crippen molar-refractivity contribution in [2.75, 3.05) is 7.05 Å². The molecule has 2 N–H and O–H groups in total. The number of hydrogen-bond acceptors (Lipinski definition) is 3. The first-order valence-corrected chi connectivity index (χ1v) is 4.58. The Labute approximate surface area is 85.5 Å². The maximum atomic E-state index is 7.16. The summed E-state index contributed by atoms with van der Waals surface area (Å²) in [4.78, 5) is 0. The van der Waals surface area contributed by atoms with Crippen molar-refractivity contribution in [2.45, 2.75) is 0 Å². The zero-order valence-electron chi connectivity index (χ0n) is 7.21. The molecule has 0 saturated carbocycles. The molecule has 1 aromatic carbocycles. The molecule has 0 heterocycles. The van der Waals surface area contributed by atoms with E-state index in [2.05, 4.69) is 26.5 Å². The fourth-order valence-electron chi connectivity index (χ4n) is 0.948. The third-order valence-corrected chi connectivity index (χ3v) is 1.98. The standard InChI is InChI=1S/C9H10BrN3/c1-12-13-9(6-11)7-3-2-4-8(10)5-7/h2-6,11-12H,1H3/b11-6?,13-9+. The fourth-order valence-corrected chi connectivity index (χ4v) is 1.35. The molecule has 1 aromatic rings. The Balaban J connectivity index is 3.05. The number of benzene rings is 1. The van der Waals surface area contributed by atoms with Gasteiger partial charge in [0, 0.05) is 23.3 Å². The quantitative estimate of drug-likeness (QED) is 0.616.